The van der Waals surface area contributed by atoms with E-state index in [1.54, 1.807) is 25.1 Å². The van der Waals surface area contributed by atoms with Crippen LogP contribution in [0, 0.1) is 0 Å². The fraction of sp³-hybridized carbons (Fsp3) is 0.316. The Labute approximate surface area is 178 Å². The number of likely N-dealkylation sites (N-methyl/N-ethyl adjacent to an activating group) is 1. The summed E-state index contributed by atoms with van der Waals surface area (Å²) >= 11 is 1.01. The van der Waals surface area contributed by atoms with Gasteiger partial charge in [0.2, 0.25) is 5.91 Å². The number of carbonyl (C=O) groups is 2. The molecule has 0 spiro atoms. The van der Waals surface area contributed by atoms with Crippen LogP contribution in [0.1, 0.15) is 39.7 Å². The number of carbonyl (C=O) groups excluding carboxylic acids is 2. The molecule has 3 N–H and O–H groups in total. The van der Waals surface area contributed by atoms with Gasteiger partial charge in [0, 0.05) is 24.8 Å². The minimum atomic E-state index is -4.71. The van der Waals surface area contributed by atoms with Crippen LogP contribution in [0.2, 0.25) is 0 Å². The van der Waals surface area contributed by atoms with E-state index in [4.69, 9.17) is 10.8 Å². The molecule has 1 unspecified atom stereocenters. The molecule has 0 fully saturated rings. The minimum absolute atomic E-state index is 0.120. The largest absolute Gasteiger partial charge is 0.433 e. The third-order valence-electron chi connectivity index (χ3n) is 4.45. The van der Waals surface area contributed by atoms with E-state index in [9.17, 15) is 22.8 Å². The molecule has 2 aromatic heterocycles. The number of alkyl halides is 3. The molecule has 0 aliphatic carbocycles. The monoisotopic (exact) mass is 453 g/mol. The van der Waals surface area contributed by atoms with Gasteiger partial charge in [-0.2, -0.15) is 13.2 Å². The Balaban J connectivity index is 2.01. The van der Waals surface area contributed by atoms with Gasteiger partial charge in [-0.3, -0.25) is 9.59 Å². The molecule has 1 atom stereocenters. The van der Waals surface area contributed by atoms with E-state index in [-0.39, 0.29) is 24.1 Å². The number of aliphatic hydroxyl groups is 1. The quantitative estimate of drug-likeness (QED) is 0.565. The van der Waals surface area contributed by atoms with Gasteiger partial charge in [-0.15, -0.1) is 11.3 Å². The number of nitrogens with zero attached hydrogens (tertiary/aromatic N) is 4. The second-order valence-electron chi connectivity index (χ2n) is 6.48. The van der Waals surface area contributed by atoms with Crippen molar-refractivity contribution in [1.82, 2.24) is 19.9 Å². The van der Waals surface area contributed by atoms with Crippen LogP contribution in [0.5, 0.6) is 0 Å². The molecule has 12 heteroatoms. The molecule has 0 saturated heterocycles. The summed E-state index contributed by atoms with van der Waals surface area (Å²) in [5, 5.41) is 9.22. The number of hydrogen-bond acceptors (Lipinski definition) is 7. The predicted molar refractivity (Wildman–Crippen MR) is 106 cm³/mol. The van der Waals surface area contributed by atoms with Gasteiger partial charge < -0.3 is 15.7 Å². The Morgan fingerprint density at radius 3 is 2.61 bits per heavy atom. The van der Waals surface area contributed by atoms with E-state index >= 15 is 0 Å². The highest BCUT2D eigenvalue weighted by Gasteiger charge is 2.35. The van der Waals surface area contributed by atoms with Crippen LogP contribution in [0.4, 0.5) is 13.2 Å². The van der Waals surface area contributed by atoms with Gasteiger partial charge in [-0.25, -0.2) is 15.0 Å². The third-order valence-corrected chi connectivity index (χ3v) is 5.53. The summed E-state index contributed by atoms with van der Waals surface area (Å²) in [5.41, 5.74) is 5.04. The zero-order valence-electron chi connectivity index (χ0n) is 16.3. The maximum atomic E-state index is 13.0. The number of hydrogen-bond donors (Lipinski definition) is 2. The first-order valence-corrected chi connectivity index (χ1v) is 9.97. The lowest BCUT2D eigenvalue weighted by molar-refractivity contribution is -0.141. The van der Waals surface area contributed by atoms with Gasteiger partial charge in [-0.05, 0) is 31.2 Å². The summed E-state index contributed by atoms with van der Waals surface area (Å²) in [6.07, 6.45) is -3.80. The predicted octanol–water partition coefficient (Wildman–Crippen LogP) is 2.18. The average molecular weight is 453 g/mol. The SMILES string of the molecule is CCN(CCO)C(=O)c1ccc2nc(C(C(N)=O)c3nccc(C(F)(F)F)n3)sc2c1. The van der Waals surface area contributed by atoms with Crippen LogP contribution in [-0.2, 0) is 11.0 Å². The van der Waals surface area contributed by atoms with Crippen molar-refractivity contribution in [2.75, 3.05) is 19.7 Å². The number of amides is 2. The fourth-order valence-corrected chi connectivity index (χ4v) is 4.05. The van der Waals surface area contributed by atoms with Crippen molar-refractivity contribution < 1.29 is 27.9 Å². The van der Waals surface area contributed by atoms with E-state index in [2.05, 4.69) is 15.0 Å². The Morgan fingerprint density at radius 2 is 2.00 bits per heavy atom. The zero-order chi connectivity index (χ0) is 22.8. The molecule has 0 aliphatic rings. The van der Waals surface area contributed by atoms with Crippen molar-refractivity contribution in [3.8, 4) is 0 Å². The number of fused-ring (bicyclic) bond motifs is 1. The molecule has 3 rings (SSSR count). The first kappa shape index (κ1) is 22.6. The Kier molecular flexibility index (Phi) is 6.51. The lowest BCUT2D eigenvalue weighted by atomic mass is 10.1. The number of nitrogens with two attached hydrogens (primary N) is 1. The fourth-order valence-electron chi connectivity index (χ4n) is 2.94. The molecule has 0 bridgehead atoms. The topological polar surface area (TPSA) is 122 Å². The summed E-state index contributed by atoms with van der Waals surface area (Å²) in [6, 6.07) is 5.39. The van der Waals surface area contributed by atoms with Gasteiger partial charge in [0.05, 0.1) is 16.8 Å². The van der Waals surface area contributed by atoms with E-state index in [1.165, 1.54) is 4.90 Å². The minimum Gasteiger partial charge on any atom is -0.395 e. The van der Waals surface area contributed by atoms with Crippen molar-refractivity contribution in [3.63, 3.8) is 0 Å². The van der Waals surface area contributed by atoms with E-state index in [0.29, 0.717) is 28.4 Å². The van der Waals surface area contributed by atoms with E-state index in [1.807, 2.05) is 0 Å². The molecule has 2 amide bonds. The maximum absolute atomic E-state index is 13.0. The number of benzene rings is 1. The molecular weight excluding hydrogens is 435 g/mol. The van der Waals surface area contributed by atoms with E-state index < -0.39 is 29.5 Å². The number of aliphatic hydroxyl groups excluding tert-OH is 1. The summed E-state index contributed by atoms with van der Waals surface area (Å²) in [5.74, 6) is -3.02. The molecule has 3 aromatic rings. The van der Waals surface area contributed by atoms with Gasteiger partial charge in [0.1, 0.15) is 22.4 Å². The smallest absolute Gasteiger partial charge is 0.395 e. The Morgan fingerprint density at radius 1 is 1.26 bits per heavy atom. The van der Waals surface area contributed by atoms with Gasteiger partial charge >= 0.3 is 6.18 Å². The molecule has 2 heterocycles. The highest BCUT2D eigenvalue weighted by Crippen LogP contribution is 2.33. The van der Waals surface area contributed by atoms with Gasteiger partial charge in [0.15, 0.2) is 0 Å². The number of thiazole rings is 1. The van der Waals surface area contributed by atoms with E-state index in [0.717, 1.165) is 17.5 Å². The summed E-state index contributed by atoms with van der Waals surface area (Å²) in [4.78, 5) is 37.7. The van der Waals surface area contributed by atoms with Crippen molar-refractivity contribution >= 4 is 33.4 Å². The third kappa shape index (κ3) is 4.80. The molecule has 0 radical (unpaired) electrons. The van der Waals surface area contributed by atoms with Crippen molar-refractivity contribution in [2.24, 2.45) is 5.73 Å². The molecule has 1 aromatic carbocycles. The molecule has 8 nitrogen and oxygen atoms in total. The molecule has 164 valence electrons. The average Bonchev–Trinajstić information content (AvgIpc) is 3.13. The van der Waals surface area contributed by atoms with Crippen molar-refractivity contribution in [1.29, 1.82) is 0 Å². The molecule has 31 heavy (non-hydrogen) atoms. The van der Waals surface area contributed by atoms with Crippen molar-refractivity contribution in [3.05, 3.63) is 52.6 Å². The van der Waals surface area contributed by atoms with Gasteiger partial charge in [-0.1, -0.05) is 0 Å². The van der Waals surface area contributed by atoms with Crippen LogP contribution >= 0.6 is 11.3 Å². The Hall–Kier alpha value is -3.12. The van der Waals surface area contributed by atoms with Gasteiger partial charge in [0.25, 0.3) is 5.91 Å². The first-order chi connectivity index (χ1) is 14.7. The number of halogens is 3. The lowest BCUT2D eigenvalue weighted by Crippen LogP contribution is -2.33. The summed E-state index contributed by atoms with van der Waals surface area (Å²) in [7, 11) is 0. The molecule has 0 aliphatic heterocycles. The summed E-state index contributed by atoms with van der Waals surface area (Å²) < 4.78 is 39.5. The second-order valence-corrected chi connectivity index (χ2v) is 7.54. The van der Waals surface area contributed by atoms with Crippen LogP contribution in [-0.4, -0.2) is 56.5 Å². The number of aromatic nitrogens is 3. The second kappa shape index (κ2) is 8.94. The standard InChI is InChI=1S/C19H18F3N5O3S/c1-2-27(7-8-28)18(30)10-3-4-11-12(9-10)31-17(25-11)14(15(23)29)16-24-6-5-13(26-16)19(20,21)22/h3-6,9,14,28H,2,7-8H2,1H3,(H2,23,29). The Bertz CT molecular complexity index is 1120. The van der Waals surface area contributed by atoms with Crippen molar-refractivity contribution in [2.45, 2.75) is 19.0 Å². The van der Waals surface area contributed by atoms with Crippen LogP contribution in [0.15, 0.2) is 30.5 Å². The first-order valence-electron chi connectivity index (χ1n) is 9.15. The highest BCUT2D eigenvalue weighted by atomic mass is 32.1. The van der Waals surface area contributed by atoms with Crippen LogP contribution < -0.4 is 5.73 Å². The number of rotatable bonds is 7. The van der Waals surface area contributed by atoms with Crippen LogP contribution in [0.3, 0.4) is 0 Å². The molecular formula is C19H18F3N5O3S. The highest BCUT2D eigenvalue weighted by molar-refractivity contribution is 7.18. The normalized spacial score (nSPS) is 12.7. The maximum Gasteiger partial charge on any atom is 0.433 e. The molecule has 0 saturated carbocycles. The summed E-state index contributed by atoms with van der Waals surface area (Å²) in [6.45, 7) is 2.19. The number of primary amides is 1. The lowest BCUT2D eigenvalue weighted by Gasteiger charge is -2.19. The van der Waals surface area contributed by atoms with Crippen LogP contribution in [0.25, 0.3) is 10.2 Å². The zero-order valence-corrected chi connectivity index (χ0v) is 17.1.